The third kappa shape index (κ3) is 2.70. The lowest BCUT2D eigenvalue weighted by Gasteiger charge is -2.11. The molecule has 0 radical (unpaired) electrons. The van der Waals surface area contributed by atoms with Crippen molar-refractivity contribution < 1.29 is 0 Å². The zero-order chi connectivity index (χ0) is 12.4. The van der Waals surface area contributed by atoms with E-state index < -0.39 is 0 Å². The highest BCUT2D eigenvalue weighted by atomic mass is 35.5. The summed E-state index contributed by atoms with van der Waals surface area (Å²) in [6.07, 6.45) is 1.76. The Labute approximate surface area is 110 Å². The number of pyridine rings is 1. The molecule has 0 saturated carbocycles. The third-order valence-corrected chi connectivity index (χ3v) is 2.98. The molecule has 0 aliphatic heterocycles. The minimum atomic E-state index is 0.386. The van der Waals surface area contributed by atoms with Crippen LogP contribution in [0.25, 0.3) is 0 Å². The monoisotopic (exact) mass is 270 g/mol. The van der Waals surface area contributed by atoms with E-state index in [0.29, 0.717) is 16.9 Å². The van der Waals surface area contributed by atoms with Gasteiger partial charge in [0.2, 0.25) is 0 Å². The van der Waals surface area contributed by atoms with Crippen LogP contribution in [-0.4, -0.2) is 14.8 Å². The molecule has 90 valence electrons. The maximum atomic E-state index is 6.03. The molecule has 2 heterocycles. The Morgan fingerprint density at radius 1 is 1.41 bits per heavy atom. The molecular formula is C11H12Cl2N4. The molecular weight excluding hydrogens is 259 g/mol. The molecule has 2 aromatic heterocycles. The fraction of sp³-hybridized carbons (Fsp3) is 0.273. The van der Waals surface area contributed by atoms with Crippen LogP contribution in [0.5, 0.6) is 0 Å². The summed E-state index contributed by atoms with van der Waals surface area (Å²) in [5.74, 6) is 0. The molecule has 2 aromatic rings. The Bertz CT molecular complexity index is 513. The van der Waals surface area contributed by atoms with Crippen molar-refractivity contribution in [3.05, 3.63) is 39.9 Å². The Morgan fingerprint density at radius 2 is 2.18 bits per heavy atom. The highest BCUT2D eigenvalue weighted by molar-refractivity contribution is 6.34. The minimum Gasteiger partial charge on any atom is -0.377 e. The number of halogens is 2. The molecule has 0 bridgehead atoms. The summed E-state index contributed by atoms with van der Waals surface area (Å²) < 4.78 is 1.81. The average Bonchev–Trinajstić information content (AvgIpc) is 2.62. The van der Waals surface area contributed by atoms with Crippen molar-refractivity contribution >= 4 is 28.9 Å². The summed E-state index contributed by atoms with van der Waals surface area (Å²) in [4.78, 5) is 4.00. The van der Waals surface area contributed by atoms with Crippen LogP contribution in [0.2, 0.25) is 10.3 Å². The first-order valence-electron chi connectivity index (χ1n) is 5.11. The largest absolute Gasteiger partial charge is 0.377 e. The summed E-state index contributed by atoms with van der Waals surface area (Å²) in [5, 5.41) is 8.12. The highest BCUT2D eigenvalue weighted by Crippen LogP contribution is 2.26. The van der Waals surface area contributed by atoms with Crippen molar-refractivity contribution in [2.24, 2.45) is 7.05 Å². The Balaban J connectivity index is 2.17. The van der Waals surface area contributed by atoms with E-state index in [1.165, 1.54) is 0 Å². The van der Waals surface area contributed by atoms with Crippen molar-refractivity contribution in [3.8, 4) is 0 Å². The summed E-state index contributed by atoms with van der Waals surface area (Å²) >= 11 is 11.8. The molecule has 0 aliphatic rings. The SMILES string of the molecule is Cc1cc(Cl)nc(Cl)c1NCc1ccnn1C. The number of aryl methyl sites for hydroxylation is 2. The second-order valence-corrected chi connectivity index (χ2v) is 4.47. The third-order valence-electron chi connectivity index (χ3n) is 2.51. The van der Waals surface area contributed by atoms with Crippen molar-refractivity contribution in [2.45, 2.75) is 13.5 Å². The molecule has 4 nitrogen and oxygen atoms in total. The Hall–Kier alpha value is -1.26. The van der Waals surface area contributed by atoms with Gasteiger partial charge in [0.05, 0.1) is 17.9 Å². The van der Waals surface area contributed by atoms with Crippen LogP contribution < -0.4 is 5.32 Å². The van der Waals surface area contributed by atoms with Gasteiger partial charge in [-0.1, -0.05) is 23.2 Å². The van der Waals surface area contributed by atoms with Gasteiger partial charge < -0.3 is 5.32 Å². The number of aromatic nitrogens is 3. The predicted molar refractivity (Wildman–Crippen MR) is 69.5 cm³/mol. The molecule has 1 N–H and O–H groups in total. The van der Waals surface area contributed by atoms with E-state index in [2.05, 4.69) is 15.4 Å². The summed E-state index contributed by atoms with van der Waals surface area (Å²) in [7, 11) is 1.89. The quantitative estimate of drug-likeness (QED) is 0.872. The Morgan fingerprint density at radius 3 is 2.76 bits per heavy atom. The van der Waals surface area contributed by atoms with Crippen LogP contribution >= 0.6 is 23.2 Å². The lowest BCUT2D eigenvalue weighted by Crippen LogP contribution is -2.07. The molecule has 0 spiro atoms. The van der Waals surface area contributed by atoms with Gasteiger partial charge >= 0.3 is 0 Å². The fourth-order valence-corrected chi connectivity index (χ4v) is 2.16. The van der Waals surface area contributed by atoms with E-state index in [1.807, 2.05) is 20.0 Å². The first-order valence-corrected chi connectivity index (χ1v) is 5.87. The van der Waals surface area contributed by atoms with Crippen LogP contribution in [0.4, 0.5) is 5.69 Å². The number of nitrogens with one attached hydrogen (secondary N) is 1. The number of rotatable bonds is 3. The zero-order valence-electron chi connectivity index (χ0n) is 9.54. The van der Waals surface area contributed by atoms with Gasteiger partial charge in [0.1, 0.15) is 5.15 Å². The smallest absolute Gasteiger partial charge is 0.154 e. The average molecular weight is 271 g/mol. The molecule has 0 aliphatic carbocycles. The number of anilines is 1. The molecule has 2 rings (SSSR count). The summed E-state index contributed by atoms with van der Waals surface area (Å²) in [6, 6.07) is 3.72. The molecule has 0 aromatic carbocycles. The lowest BCUT2D eigenvalue weighted by molar-refractivity contribution is 0.720. The summed E-state index contributed by atoms with van der Waals surface area (Å²) in [6.45, 7) is 2.57. The molecule has 0 unspecified atom stereocenters. The molecule has 17 heavy (non-hydrogen) atoms. The van der Waals surface area contributed by atoms with E-state index in [-0.39, 0.29) is 0 Å². The number of hydrogen-bond donors (Lipinski definition) is 1. The molecule has 0 atom stereocenters. The van der Waals surface area contributed by atoms with Crippen LogP contribution in [0.3, 0.4) is 0 Å². The first-order chi connectivity index (χ1) is 8.08. The van der Waals surface area contributed by atoms with E-state index in [1.54, 1.807) is 16.9 Å². The Kier molecular flexibility index (Phi) is 3.54. The summed E-state index contributed by atoms with van der Waals surface area (Å²) in [5.41, 5.74) is 2.84. The van der Waals surface area contributed by atoms with Gasteiger partial charge in [-0.05, 0) is 24.6 Å². The van der Waals surface area contributed by atoms with Gasteiger partial charge in [-0.2, -0.15) is 5.10 Å². The highest BCUT2D eigenvalue weighted by Gasteiger charge is 2.08. The topological polar surface area (TPSA) is 42.7 Å². The predicted octanol–water partition coefficient (Wildman–Crippen LogP) is 3.04. The maximum absolute atomic E-state index is 6.03. The van der Waals surface area contributed by atoms with E-state index in [0.717, 1.165) is 16.9 Å². The van der Waals surface area contributed by atoms with Crippen molar-refractivity contribution in [2.75, 3.05) is 5.32 Å². The van der Waals surface area contributed by atoms with Crippen molar-refractivity contribution in [1.29, 1.82) is 0 Å². The van der Waals surface area contributed by atoms with Gasteiger partial charge in [-0.15, -0.1) is 0 Å². The van der Waals surface area contributed by atoms with Crippen molar-refractivity contribution in [3.63, 3.8) is 0 Å². The van der Waals surface area contributed by atoms with E-state index in [9.17, 15) is 0 Å². The fourth-order valence-electron chi connectivity index (χ4n) is 1.56. The van der Waals surface area contributed by atoms with Crippen LogP contribution in [-0.2, 0) is 13.6 Å². The second-order valence-electron chi connectivity index (χ2n) is 3.73. The normalized spacial score (nSPS) is 10.6. The van der Waals surface area contributed by atoms with Gasteiger partial charge in [0, 0.05) is 13.2 Å². The minimum absolute atomic E-state index is 0.386. The maximum Gasteiger partial charge on any atom is 0.154 e. The van der Waals surface area contributed by atoms with E-state index >= 15 is 0 Å². The van der Waals surface area contributed by atoms with Gasteiger partial charge in [0.15, 0.2) is 5.15 Å². The van der Waals surface area contributed by atoms with Crippen LogP contribution in [0.1, 0.15) is 11.3 Å². The molecule has 0 fully saturated rings. The number of nitrogens with zero attached hydrogens (tertiary/aromatic N) is 3. The lowest BCUT2D eigenvalue weighted by atomic mass is 10.2. The zero-order valence-corrected chi connectivity index (χ0v) is 11.0. The first kappa shape index (κ1) is 12.2. The van der Waals surface area contributed by atoms with Gasteiger partial charge in [0.25, 0.3) is 0 Å². The van der Waals surface area contributed by atoms with Crippen LogP contribution in [0.15, 0.2) is 18.3 Å². The second kappa shape index (κ2) is 4.94. The molecule has 0 amide bonds. The van der Waals surface area contributed by atoms with Crippen molar-refractivity contribution in [1.82, 2.24) is 14.8 Å². The molecule has 0 saturated heterocycles. The van der Waals surface area contributed by atoms with E-state index in [4.69, 9.17) is 23.2 Å². The van der Waals surface area contributed by atoms with Crippen LogP contribution in [0, 0.1) is 6.92 Å². The molecule has 6 heteroatoms. The van der Waals surface area contributed by atoms with Gasteiger partial charge in [-0.25, -0.2) is 4.98 Å². The van der Waals surface area contributed by atoms with Gasteiger partial charge in [-0.3, -0.25) is 4.68 Å². The standard InChI is InChI=1S/C11H12Cl2N4/c1-7-5-9(12)16-11(13)10(7)14-6-8-3-4-15-17(8)2/h3-5,14H,6H2,1-2H3. The number of hydrogen-bond acceptors (Lipinski definition) is 3.